The number of halogens is 2. The molecule has 2 aromatic rings. The summed E-state index contributed by atoms with van der Waals surface area (Å²) in [6.45, 7) is -0.703. The molecule has 1 aliphatic rings. The number of hydrogen-bond acceptors (Lipinski definition) is 5. The minimum absolute atomic E-state index is 0.000314. The molecule has 0 aromatic heterocycles. The van der Waals surface area contributed by atoms with E-state index in [4.69, 9.17) is 16.3 Å². The fourth-order valence-electron chi connectivity index (χ4n) is 2.59. The smallest absolute Gasteiger partial charge is 0.338 e. The lowest BCUT2D eigenvalue weighted by Crippen LogP contribution is -2.30. The van der Waals surface area contributed by atoms with Gasteiger partial charge in [-0.05, 0) is 35.9 Å². The monoisotopic (exact) mass is 419 g/mol. The molecule has 0 radical (unpaired) electrons. The van der Waals surface area contributed by atoms with Crippen molar-refractivity contribution >= 4 is 41.1 Å². The van der Waals surface area contributed by atoms with Crippen LogP contribution in [0.5, 0.6) is 0 Å². The molecule has 4 amide bonds. The molecule has 0 unspecified atom stereocenters. The van der Waals surface area contributed by atoms with Crippen LogP contribution in [0.25, 0.3) is 0 Å². The Bertz CT molecular complexity index is 982. The van der Waals surface area contributed by atoms with E-state index in [1.807, 2.05) is 0 Å². The van der Waals surface area contributed by atoms with Crippen LogP contribution < -0.4 is 10.6 Å². The van der Waals surface area contributed by atoms with E-state index in [0.29, 0.717) is 5.56 Å². The summed E-state index contributed by atoms with van der Waals surface area (Å²) in [5.74, 6) is -2.57. The third-order valence-corrected chi connectivity index (χ3v) is 4.21. The zero-order valence-corrected chi connectivity index (χ0v) is 15.7. The van der Waals surface area contributed by atoms with E-state index < -0.39 is 30.3 Å². The standard InChI is InChI=1S/C19H15ClFN3O5/c20-13-4-5-14(21)15(7-13)23-16(25)10-29-18(27)12-3-1-2-11(6-12)9-24-17(26)8-22-19(24)28/h1-7H,8-10H2,(H,22,28)(H,23,25). The van der Waals surface area contributed by atoms with Crippen LogP contribution in [-0.4, -0.2) is 41.9 Å². The zero-order valence-electron chi connectivity index (χ0n) is 14.9. The average Bonchev–Trinajstić information content (AvgIpc) is 3.01. The molecule has 1 heterocycles. The molecule has 0 spiro atoms. The summed E-state index contributed by atoms with van der Waals surface area (Å²) in [6, 6.07) is 9.28. The second kappa shape index (κ2) is 8.70. The van der Waals surface area contributed by atoms with Gasteiger partial charge in [0.2, 0.25) is 5.91 Å². The molecule has 3 rings (SSSR count). The highest BCUT2D eigenvalue weighted by Crippen LogP contribution is 2.19. The number of esters is 1. The number of carbonyl (C=O) groups excluding carboxylic acids is 4. The fourth-order valence-corrected chi connectivity index (χ4v) is 2.76. The van der Waals surface area contributed by atoms with Crippen molar-refractivity contribution in [3.8, 4) is 0 Å². The second-order valence-electron chi connectivity index (χ2n) is 6.09. The maximum absolute atomic E-state index is 13.6. The van der Waals surface area contributed by atoms with Gasteiger partial charge in [-0.25, -0.2) is 14.0 Å². The SMILES string of the molecule is O=C(COC(=O)c1cccc(CN2C(=O)CNC2=O)c1)Nc1cc(Cl)ccc1F. The molecule has 150 valence electrons. The van der Waals surface area contributed by atoms with Crippen molar-refractivity contribution in [1.29, 1.82) is 0 Å². The Morgan fingerprint density at radius 1 is 1.21 bits per heavy atom. The highest BCUT2D eigenvalue weighted by molar-refractivity contribution is 6.30. The van der Waals surface area contributed by atoms with Gasteiger partial charge in [-0.2, -0.15) is 0 Å². The topological polar surface area (TPSA) is 105 Å². The van der Waals surface area contributed by atoms with Crippen molar-refractivity contribution in [2.24, 2.45) is 0 Å². The summed E-state index contributed by atoms with van der Waals surface area (Å²) >= 11 is 5.75. The van der Waals surface area contributed by atoms with Crippen LogP contribution in [0.15, 0.2) is 42.5 Å². The van der Waals surface area contributed by atoms with Crippen LogP contribution in [0.4, 0.5) is 14.9 Å². The number of nitrogens with one attached hydrogen (secondary N) is 2. The van der Waals surface area contributed by atoms with Gasteiger partial charge in [0, 0.05) is 5.02 Å². The van der Waals surface area contributed by atoms with Crippen LogP contribution in [-0.2, 0) is 20.9 Å². The minimum atomic E-state index is -0.786. The van der Waals surface area contributed by atoms with Crippen molar-refractivity contribution < 1.29 is 28.3 Å². The van der Waals surface area contributed by atoms with Crippen LogP contribution in [0, 0.1) is 5.82 Å². The Morgan fingerprint density at radius 3 is 2.72 bits per heavy atom. The van der Waals surface area contributed by atoms with E-state index in [1.165, 1.54) is 24.3 Å². The summed E-state index contributed by atoms with van der Waals surface area (Å²) in [7, 11) is 0. The van der Waals surface area contributed by atoms with Crippen LogP contribution in [0.1, 0.15) is 15.9 Å². The van der Waals surface area contributed by atoms with Gasteiger partial charge in [-0.3, -0.25) is 14.5 Å². The van der Waals surface area contributed by atoms with Gasteiger partial charge >= 0.3 is 12.0 Å². The number of rotatable bonds is 6. The Hall–Kier alpha value is -3.46. The molecule has 1 aliphatic heterocycles. The fraction of sp³-hybridized carbons (Fsp3) is 0.158. The van der Waals surface area contributed by atoms with Crippen LogP contribution in [0.2, 0.25) is 5.02 Å². The molecule has 29 heavy (non-hydrogen) atoms. The second-order valence-corrected chi connectivity index (χ2v) is 6.52. The maximum Gasteiger partial charge on any atom is 0.338 e. The van der Waals surface area contributed by atoms with E-state index in [9.17, 15) is 23.6 Å². The summed E-state index contributed by atoms with van der Waals surface area (Å²) in [6.07, 6.45) is 0. The first kappa shape index (κ1) is 20.3. The van der Waals surface area contributed by atoms with Gasteiger partial charge in [-0.15, -0.1) is 0 Å². The largest absolute Gasteiger partial charge is 0.452 e. The number of urea groups is 1. The number of imide groups is 1. The van der Waals surface area contributed by atoms with Gasteiger partial charge < -0.3 is 15.4 Å². The lowest BCUT2D eigenvalue weighted by molar-refractivity contribution is -0.125. The average molecular weight is 420 g/mol. The number of ether oxygens (including phenoxy) is 1. The number of amides is 4. The number of anilines is 1. The molecule has 1 fully saturated rings. The molecule has 0 saturated carbocycles. The normalized spacial score (nSPS) is 13.2. The van der Waals surface area contributed by atoms with Gasteiger partial charge in [0.05, 0.1) is 24.3 Å². The lowest BCUT2D eigenvalue weighted by Gasteiger charge is -2.13. The Morgan fingerprint density at radius 2 is 2.00 bits per heavy atom. The van der Waals surface area contributed by atoms with Crippen molar-refractivity contribution in [3.63, 3.8) is 0 Å². The first-order chi connectivity index (χ1) is 13.8. The van der Waals surface area contributed by atoms with Crippen molar-refractivity contribution in [2.45, 2.75) is 6.54 Å². The van der Waals surface area contributed by atoms with E-state index in [1.54, 1.807) is 12.1 Å². The molecule has 2 aromatic carbocycles. The van der Waals surface area contributed by atoms with Crippen LogP contribution in [0.3, 0.4) is 0 Å². The Balaban J connectivity index is 1.58. The highest BCUT2D eigenvalue weighted by atomic mass is 35.5. The van der Waals surface area contributed by atoms with Crippen LogP contribution >= 0.6 is 11.6 Å². The minimum Gasteiger partial charge on any atom is -0.452 e. The summed E-state index contributed by atoms with van der Waals surface area (Å²) < 4.78 is 18.6. The molecule has 0 bridgehead atoms. The Kier molecular flexibility index (Phi) is 6.08. The predicted octanol–water partition coefficient (Wildman–Crippen LogP) is 2.33. The van der Waals surface area contributed by atoms with Gasteiger partial charge in [-0.1, -0.05) is 23.7 Å². The molecule has 10 heteroatoms. The number of benzene rings is 2. The summed E-state index contributed by atoms with van der Waals surface area (Å²) in [5.41, 5.74) is 0.542. The Labute approximate surface area is 169 Å². The molecule has 0 atom stereocenters. The third kappa shape index (κ3) is 5.08. The summed E-state index contributed by atoms with van der Waals surface area (Å²) in [5, 5.41) is 4.90. The lowest BCUT2D eigenvalue weighted by atomic mass is 10.1. The first-order valence-corrected chi connectivity index (χ1v) is 8.80. The number of carbonyl (C=O) groups is 4. The van der Waals surface area contributed by atoms with Crippen molar-refractivity contribution in [2.75, 3.05) is 18.5 Å². The van der Waals surface area contributed by atoms with Gasteiger partial charge in [0.15, 0.2) is 6.61 Å². The molecule has 2 N–H and O–H groups in total. The van der Waals surface area contributed by atoms with Crippen molar-refractivity contribution in [1.82, 2.24) is 10.2 Å². The molecule has 1 saturated heterocycles. The first-order valence-electron chi connectivity index (χ1n) is 8.42. The summed E-state index contributed by atoms with van der Waals surface area (Å²) in [4.78, 5) is 48.4. The maximum atomic E-state index is 13.6. The van der Waals surface area contributed by atoms with E-state index in [2.05, 4.69) is 10.6 Å². The third-order valence-electron chi connectivity index (χ3n) is 3.98. The van der Waals surface area contributed by atoms with E-state index in [-0.39, 0.29) is 35.3 Å². The van der Waals surface area contributed by atoms with E-state index in [0.717, 1.165) is 11.0 Å². The number of nitrogens with zero attached hydrogens (tertiary/aromatic N) is 1. The van der Waals surface area contributed by atoms with Gasteiger partial charge in [0.25, 0.3) is 5.91 Å². The molecular formula is C19H15ClFN3O5. The molecule has 8 nitrogen and oxygen atoms in total. The zero-order chi connectivity index (χ0) is 21.0. The number of hydrogen-bond donors (Lipinski definition) is 2. The predicted molar refractivity (Wildman–Crippen MR) is 101 cm³/mol. The quantitative estimate of drug-likeness (QED) is 0.552. The highest BCUT2D eigenvalue weighted by Gasteiger charge is 2.28. The van der Waals surface area contributed by atoms with E-state index >= 15 is 0 Å². The van der Waals surface area contributed by atoms with Crippen molar-refractivity contribution in [3.05, 3.63) is 64.4 Å². The van der Waals surface area contributed by atoms with Gasteiger partial charge in [0.1, 0.15) is 5.82 Å². The molecule has 0 aliphatic carbocycles. The molecular weight excluding hydrogens is 405 g/mol.